The number of benzene rings is 6. The third kappa shape index (κ3) is 3.96. The van der Waals surface area contributed by atoms with E-state index in [-0.39, 0.29) is 0 Å². The van der Waals surface area contributed by atoms with Gasteiger partial charge in [-0.05, 0) is 41.5 Å². The van der Waals surface area contributed by atoms with Gasteiger partial charge in [0.1, 0.15) is 0 Å². The van der Waals surface area contributed by atoms with Gasteiger partial charge in [0, 0.05) is 37.7 Å². The number of aromatic nitrogens is 3. The van der Waals surface area contributed by atoms with Gasteiger partial charge < -0.3 is 4.57 Å². The van der Waals surface area contributed by atoms with Crippen molar-refractivity contribution >= 4 is 53.4 Å². The van der Waals surface area contributed by atoms with Gasteiger partial charge in [-0.2, -0.15) is 0 Å². The molecule has 0 saturated heterocycles. The molecule has 0 saturated carbocycles. The van der Waals surface area contributed by atoms with Crippen molar-refractivity contribution in [1.82, 2.24) is 14.5 Å². The summed E-state index contributed by atoms with van der Waals surface area (Å²) in [5.41, 5.74) is 10.0. The minimum atomic E-state index is 0.738. The van der Waals surface area contributed by atoms with Crippen molar-refractivity contribution in [2.24, 2.45) is 0 Å². The Labute approximate surface area is 258 Å². The van der Waals surface area contributed by atoms with Crippen LogP contribution in [0.25, 0.3) is 81.6 Å². The number of nitrogens with zero attached hydrogens (tertiary/aromatic N) is 3. The zero-order valence-electron chi connectivity index (χ0n) is 23.7. The van der Waals surface area contributed by atoms with Crippen LogP contribution in [-0.4, -0.2) is 14.5 Å². The SMILES string of the molecule is c1ccc(-c2ccc(-c3nc(-c4ccccc4)c4sc5cc6c(cc5c4n3)c3ccccc3n6-c3ccccc3)cc2)cc1. The summed E-state index contributed by atoms with van der Waals surface area (Å²) in [5, 5.41) is 3.63. The molecule has 6 aromatic carbocycles. The third-order valence-electron chi connectivity index (χ3n) is 8.42. The lowest BCUT2D eigenvalue weighted by atomic mass is 10.0. The van der Waals surface area contributed by atoms with Crippen LogP contribution in [0.1, 0.15) is 0 Å². The van der Waals surface area contributed by atoms with Crippen molar-refractivity contribution in [2.45, 2.75) is 0 Å². The minimum Gasteiger partial charge on any atom is -0.309 e. The van der Waals surface area contributed by atoms with E-state index in [1.807, 2.05) is 6.07 Å². The molecule has 0 fully saturated rings. The second-order valence-corrected chi connectivity index (χ2v) is 12.1. The van der Waals surface area contributed by atoms with Crippen molar-refractivity contribution in [3.63, 3.8) is 0 Å². The number of para-hydroxylation sites is 2. The number of hydrogen-bond donors (Lipinski definition) is 0. The van der Waals surface area contributed by atoms with Gasteiger partial charge in [0.05, 0.1) is 26.9 Å². The molecule has 9 rings (SSSR count). The van der Waals surface area contributed by atoms with Gasteiger partial charge in [-0.25, -0.2) is 9.97 Å². The number of rotatable bonds is 4. The predicted octanol–water partition coefficient (Wildman–Crippen LogP) is 10.9. The molecule has 0 amide bonds. The van der Waals surface area contributed by atoms with E-state index in [0.29, 0.717) is 0 Å². The van der Waals surface area contributed by atoms with E-state index in [9.17, 15) is 0 Å². The summed E-state index contributed by atoms with van der Waals surface area (Å²) >= 11 is 1.78. The normalized spacial score (nSPS) is 11.6. The van der Waals surface area contributed by atoms with Gasteiger partial charge in [0.15, 0.2) is 5.82 Å². The molecule has 0 spiro atoms. The van der Waals surface area contributed by atoms with Crippen LogP contribution in [0.5, 0.6) is 0 Å². The van der Waals surface area contributed by atoms with Crippen molar-refractivity contribution in [3.8, 4) is 39.5 Å². The molecule has 0 radical (unpaired) electrons. The monoisotopic (exact) mass is 579 g/mol. The maximum atomic E-state index is 5.27. The Hall–Kier alpha value is -5.58. The van der Waals surface area contributed by atoms with Crippen LogP contribution in [0.4, 0.5) is 0 Å². The van der Waals surface area contributed by atoms with Gasteiger partial charge >= 0.3 is 0 Å². The third-order valence-corrected chi connectivity index (χ3v) is 9.57. The number of thiophene rings is 1. The summed E-state index contributed by atoms with van der Waals surface area (Å²) in [6.07, 6.45) is 0. The lowest BCUT2D eigenvalue weighted by Crippen LogP contribution is -1.93. The Morgan fingerprint density at radius 3 is 1.82 bits per heavy atom. The zero-order valence-corrected chi connectivity index (χ0v) is 24.5. The van der Waals surface area contributed by atoms with Crippen molar-refractivity contribution in [2.75, 3.05) is 0 Å². The highest BCUT2D eigenvalue weighted by molar-refractivity contribution is 7.26. The highest BCUT2D eigenvalue weighted by Gasteiger charge is 2.20. The molecule has 0 aliphatic rings. The maximum Gasteiger partial charge on any atom is 0.160 e. The minimum absolute atomic E-state index is 0.738. The van der Waals surface area contributed by atoms with Crippen molar-refractivity contribution in [3.05, 3.63) is 152 Å². The molecule has 206 valence electrons. The standard InChI is InChI=1S/C40H25N3S/c1-4-12-26(13-5-1)27-20-22-29(23-21-27)40-41-37(28-14-6-2-7-15-28)39-38(42-40)33-24-32-31-18-10-11-19-34(31)43(30-16-8-3-9-17-30)35(32)25-36(33)44-39/h1-25H. The first kappa shape index (κ1) is 25.0. The molecule has 4 heteroatoms. The predicted molar refractivity (Wildman–Crippen MR) is 186 cm³/mol. The lowest BCUT2D eigenvalue weighted by Gasteiger charge is -2.08. The Balaban J connectivity index is 1.31. The van der Waals surface area contributed by atoms with Gasteiger partial charge in [-0.15, -0.1) is 11.3 Å². The first-order chi connectivity index (χ1) is 21.8. The molecular formula is C40H25N3S. The molecule has 0 unspecified atom stereocenters. The van der Waals surface area contributed by atoms with Crippen molar-refractivity contribution in [1.29, 1.82) is 0 Å². The Morgan fingerprint density at radius 2 is 1.07 bits per heavy atom. The molecule has 0 aliphatic heterocycles. The van der Waals surface area contributed by atoms with Gasteiger partial charge in [-0.3, -0.25) is 0 Å². The molecule has 3 heterocycles. The van der Waals surface area contributed by atoms with Crippen LogP contribution in [0.2, 0.25) is 0 Å². The highest BCUT2D eigenvalue weighted by atomic mass is 32.1. The van der Waals surface area contributed by atoms with Crippen LogP contribution in [-0.2, 0) is 0 Å². The molecule has 0 N–H and O–H groups in total. The Kier molecular flexibility index (Phi) is 5.68. The van der Waals surface area contributed by atoms with Gasteiger partial charge in [0.2, 0.25) is 0 Å². The summed E-state index contributed by atoms with van der Waals surface area (Å²) in [7, 11) is 0. The second-order valence-electron chi connectivity index (χ2n) is 11.0. The molecular weight excluding hydrogens is 555 g/mol. The lowest BCUT2D eigenvalue weighted by molar-refractivity contribution is 1.18. The van der Waals surface area contributed by atoms with E-state index >= 15 is 0 Å². The van der Waals surface area contributed by atoms with E-state index in [4.69, 9.17) is 9.97 Å². The summed E-state index contributed by atoms with van der Waals surface area (Å²) in [6, 6.07) is 53.5. The molecule has 9 aromatic rings. The van der Waals surface area contributed by atoms with Crippen LogP contribution in [0.15, 0.2) is 152 Å². The summed E-state index contributed by atoms with van der Waals surface area (Å²) in [5.74, 6) is 0.738. The zero-order chi connectivity index (χ0) is 29.0. The summed E-state index contributed by atoms with van der Waals surface area (Å²) in [4.78, 5) is 10.5. The first-order valence-corrected chi connectivity index (χ1v) is 15.6. The van der Waals surface area contributed by atoms with Crippen LogP contribution >= 0.6 is 11.3 Å². The average molecular weight is 580 g/mol. The molecule has 3 nitrogen and oxygen atoms in total. The second kappa shape index (κ2) is 10.0. The molecule has 0 atom stereocenters. The van der Waals surface area contributed by atoms with Crippen LogP contribution in [0.3, 0.4) is 0 Å². The van der Waals surface area contributed by atoms with Crippen molar-refractivity contribution < 1.29 is 0 Å². The quantitative estimate of drug-likeness (QED) is 0.208. The summed E-state index contributed by atoms with van der Waals surface area (Å²) < 4.78 is 4.69. The van der Waals surface area contributed by atoms with E-state index in [1.165, 1.54) is 37.6 Å². The summed E-state index contributed by atoms with van der Waals surface area (Å²) in [6.45, 7) is 0. The van der Waals surface area contributed by atoms with Gasteiger partial charge in [0.25, 0.3) is 0 Å². The van der Waals surface area contributed by atoms with Crippen LogP contribution < -0.4 is 0 Å². The highest BCUT2D eigenvalue weighted by Crippen LogP contribution is 2.43. The van der Waals surface area contributed by atoms with E-state index in [0.717, 1.165) is 43.9 Å². The maximum absolute atomic E-state index is 5.27. The fourth-order valence-electron chi connectivity index (χ4n) is 6.32. The first-order valence-electron chi connectivity index (χ1n) is 14.8. The fourth-order valence-corrected chi connectivity index (χ4v) is 7.49. The fraction of sp³-hybridized carbons (Fsp3) is 0. The Morgan fingerprint density at radius 1 is 0.455 bits per heavy atom. The molecule has 0 bridgehead atoms. The Bertz CT molecular complexity index is 2460. The number of fused-ring (bicyclic) bond motifs is 6. The largest absolute Gasteiger partial charge is 0.309 e. The van der Waals surface area contributed by atoms with E-state index in [1.54, 1.807) is 11.3 Å². The molecule has 44 heavy (non-hydrogen) atoms. The average Bonchev–Trinajstić information content (AvgIpc) is 3.63. The van der Waals surface area contributed by atoms with E-state index < -0.39 is 0 Å². The van der Waals surface area contributed by atoms with Gasteiger partial charge in [-0.1, -0.05) is 121 Å². The number of hydrogen-bond acceptors (Lipinski definition) is 3. The topological polar surface area (TPSA) is 30.7 Å². The smallest absolute Gasteiger partial charge is 0.160 e. The van der Waals surface area contributed by atoms with E-state index in [2.05, 4.69) is 150 Å². The molecule has 3 aromatic heterocycles. The van der Waals surface area contributed by atoms with Crippen LogP contribution in [0, 0.1) is 0 Å². The molecule has 0 aliphatic carbocycles.